The third-order valence-electron chi connectivity index (χ3n) is 7.08. The van der Waals surface area contributed by atoms with Gasteiger partial charge < -0.3 is 4.74 Å². The average molecular weight is 323 g/mol. The van der Waals surface area contributed by atoms with Crippen LogP contribution in [-0.2, 0) is 20.9 Å². The first kappa shape index (κ1) is 13.2. The van der Waals surface area contributed by atoms with Gasteiger partial charge in [0.15, 0.2) is 0 Å². The number of nitrogens with zero attached hydrogens (tertiary/aromatic N) is 1. The van der Waals surface area contributed by atoms with Crippen LogP contribution < -0.4 is 4.90 Å². The van der Waals surface area contributed by atoms with Gasteiger partial charge in [-0.25, -0.2) is 4.79 Å². The zero-order valence-corrected chi connectivity index (χ0v) is 13.1. The third-order valence-corrected chi connectivity index (χ3v) is 7.08. The van der Waals surface area contributed by atoms with Gasteiger partial charge >= 0.3 is 5.97 Å². The van der Waals surface area contributed by atoms with Crippen LogP contribution in [0.3, 0.4) is 0 Å². The van der Waals surface area contributed by atoms with Crippen LogP contribution in [0.2, 0.25) is 0 Å². The molecule has 122 valence electrons. The fourth-order valence-electron chi connectivity index (χ4n) is 6.03. The predicted molar refractivity (Wildman–Crippen MR) is 82.8 cm³/mol. The number of rotatable bonds is 1. The van der Waals surface area contributed by atoms with Crippen LogP contribution in [0.15, 0.2) is 18.2 Å². The Morgan fingerprint density at radius 2 is 1.58 bits per heavy atom. The number of benzene rings is 1. The van der Waals surface area contributed by atoms with E-state index in [-0.39, 0.29) is 36.2 Å². The molecule has 5 nitrogen and oxygen atoms in total. The molecule has 2 bridgehead atoms. The molecule has 0 aromatic heterocycles. The van der Waals surface area contributed by atoms with Crippen molar-refractivity contribution >= 4 is 23.5 Å². The number of esters is 1. The van der Waals surface area contributed by atoms with Gasteiger partial charge in [-0.05, 0) is 55.1 Å². The molecule has 6 atom stereocenters. The van der Waals surface area contributed by atoms with Gasteiger partial charge in [0.1, 0.15) is 6.61 Å². The van der Waals surface area contributed by atoms with Crippen molar-refractivity contribution in [3.05, 3.63) is 29.3 Å². The maximum atomic E-state index is 13.1. The normalized spacial score (nSPS) is 41.2. The zero-order chi connectivity index (χ0) is 16.2. The minimum Gasteiger partial charge on any atom is -0.457 e. The van der Waals surface area contributed by atoms with Crippen LogP contribution >= 0.6 is 0 Å². The van der Waals surface area contributed by atoms with Crippen molar-refractivity contribution in [2.45, 2.75) is 25.9 Å². The van der Waals surface area contributed by atoms with Gasteiger partial charge in [0, 0.05) is 5.56 Å². The summed E-state index contributed by atoms with van der Waals surface area (Å²) in [6, 6.07) is 5.22. The number of ether oxygens (including phenoxy) is 1. The molecule has 24 heavy (non-hydrogen) atoms. The second kappa shape index (κ2) is 4.08. The van der Waals surface area contributed by atoms with Crippen molar-refractivity contribution < 1.29 is 19.1 Å². The van der Waals surface area contributed by atoms with Crippen molar-refractivity contribution in [1.82, 2.24) is 0 Å². The molecule has 0 radical (unpaired) electrons. The largest absolute Gasteiger partial charge is 0.457 e. The number of imide groups is 1. The number of fused-ring (bicyclic) bond motifs is 2. The second-order valence-corrected chi connectivity index (χ2v) is 7.95. The Hall–Kier alpha value is -2.17. The summed E-state index contributed by atoms with van der Waals surface area (Å²) >= 11 is 0. The van der Waals surface area contributed by atoms with Crippen molar-refractivity contribution in [1.29, 1.82) is 0 Å². The van der Waals surface area contributed by atoms with Gasteiger partial charge in [-0.2, -0.15) is 0 Å². The van der Waals surface area contributed by atoms with Gasteiger partial charge in [-0.3, -0.25) is 14.5 Å². The molecule has 4 saturated carbocycles. The smallest absolute Gasteiger partial charge is 0.338 e. The quantitative estimate of drug-likeness (QED) is 0.587. The summed E-state index contributed by atoms with van der Waals surface area (Å²) < 4.78 is 5.03. The molecular formula is C19H17NO4. The summed E-state index contributed by atoms with van der Waals surface area (Å²) in [6.07, 6.45) is 3.40. The molecule has 6 aliphatic rings. The molecule has 5 fully saturated rings. The Balaban J connectivity index is 1.43. The lowest BCUT2D eigenvalue weighted by Gasteiger charge is -2.42. The molecule has 2 amide bonds. The highest BCUT2D eigenvalue weighted by atomic mass is 16.5. The number of carbonyl (C=O) groups is 3. The summed E-state index contributed by atoms with van der Waals surface area (Å²) in [4.78, 5) is 39.3. The molecule has 2 heterocycles. The number of cyclic esters (lactones) is 1. The standard InChI is InChI=1S/C19H17NO4/c21-17-15-10-3-4-11(14-6-13(10)14)16(15)18(22)20(17)9-2-1-8-7-24-19(23)12(8)5-9/h1-2,5,10-11,13-16H,3-4,6-7H2. The maximum absolute atomic E-state index is 13.1. The Kier molecular flexibility index (Phi) is 2.23. The molecule has 5 heteroatoms. The minimum atomic E-state index is -0.371. The van der Waals surface area contributed by atoms with Gasteiger partial charge in [-0.1, -0.05) is 6.07 Å². The topological polar surface area (TPSA) is 63.7 Å². The molecule has 6 unspecified atom stereocenters. The van der Waals surface area contributed by atoms with Crippen LogP contribution in [0.5, 0.6) is 0 Å². The van der Waals surface area contributed by atoms with E-state index in [2.05, 4.69) is 0 Å². The van der Waals surface area contributed by atoms with Crippen molar-refractivity contribution in [3.8, 4) is 0 Å². The highest BCUT2D eigenvalue weighted by Gasteiger charge is 2.68. The van der Waals surface area contributed by atoms with E-state index in [1.54, 1.807) is 18.2 Å². The first-order valence-corrected chi connectivity index (χ1v) is 8.83. The average Bonchev–Trinajstić information content (AvgIpc) is 3.29. The number of carbonyl (C=O) groups excluding carboxylic acids is 3. The molecule has 1 saturated heterocycles. The molecule has 0 N–H and O–H groups in total. The predicted octanol–water partition coefficient (Wildman–Crippen LogP) is 2.14. The van der Waals surface area contributed by atoms with Crippen LogP contribution in [0.4, 0.5) is 5.69 Å². The Labute approximate surface area is 139 Å². The first-order chi connectivity index (χ1) is 11.6. The van der Waals surface area contributed by atoms with E-state index in [0.29, 0.717) is 34.9 Å². The maximum Gasteiger partial charge on any atom is 0.338 e. The lowest BCUT2D eigenvalue weighted by Crippen LogP contribution is -2.43. The van der Waals surface area contributed by atoms with Crippen LogP contribution in [0.25, 0.3) is 0 Å². The van der Waals surface area contributed by atoms with Gasteiger partial charge in [-0.15, -0.1) is 0 Å². The SMILES string of the molecule is O=C1OCc2ccc(N3C(=O)C4C5CCC(C6CC65)C4C3=O)cc21. The monoisotopic (exact) mass is 323 g/mol. The second-order valence-electron chi connectivity index (χ2n) is 7.95. The minimum absolute atomic E-state index is 0.0450. The summed E-state index contributed by atoms with van der Waals surface area (Å²) in [5.41, 5.74) is 1.83. The van der Waals surface area contributed by atoms with Crippen molar-refractivity contribution in [2.75, 3.05) is 4.90 Å². The molecule has 0 spiro atoms. The summed E-state index contributed by atoms with van der Waals surface area (Å²) in [7, 11) is 0. The van der Waals surface area contributed by atoms with Crippen molar-refractivity contribution in [3.63, 3.8) is 0 Å². The van der Waals surface area contributed by atoms with Crippen molar-refractivity contribution in [2.24, 2.45) is 35.5 Å². The third kappa shape index (κ3) is 1.40. The van der Waals surface area contributed by atoms with Gasteiger partial charge in [0.25, 0.3) is 0 Å². The summed E-state index contributed by atoms with van der Waals surface area (Å²) in [5.74, 6) is 1.43. The molecule has 4 aliphatic carbocycles. The molecule has 1 aromatic rings. The first-order valence-electron chi connectivity index (χ1n) is 8.83. The van der Waals surface area contributed by atoms with E-state index in [1.165, 1.54) is 11.3 Å². The lowest BCUT2D eigenvalue weighted by molar-refractivity contribution is -0.129. The van der Waals surface area contributed by atoms with E-state index in [1.807, 2.05) is 0 Å². The highest BCUT2D eigenvalue weighted by molar-refractivity contribution is 6.22. The van der Waals surface area contributed by atoms with Gasteiger partial charge in [0.2, 0.25) is 11.8 Å². The van der Waals surface area contributed by atoms with E-state index < -0.39 is 0 Å². The molecule has 7 rings (SSSR count). The fraction of sp³-hybridized carbons (Fsp3) is 0.526. The summed E-state index contributed by atoms with van der Waals surface area (Å²) in [6.45, 7) is 0.273. The van der Waals surface area contributed by atoms with Crippen LogP contribution in [0, 0.1) is 35.5 Å². The molecule has 2 aliphatic heterocycles. The number of amides is 2. The highest BCUT2D eigenvalue weighted by Crippen LogP contribution is 2.68. The Bertz CT molecular complexity index is 797. The zero-order valence-electron chi connectivity index (χ0n) is 13.1. The fourth-order valence-corrected chi connectivity index (χ4v) is 6.03. The van der Waals surface area contributed by atoms with E-state index in [9.17, 15) is 14.4 Å². The van der Waals surface area contributed by atoms with E-state index in [4.69, 9.17) is 4.74 Å². The van der Waals surface area contributed by atoms with Crippen LogP contribution in [0.1, 0.15) is 35.2 Å². The lowest BCUT2D eigenvalue weighted by atomic mass is 9.59. The molecular weight excluding hydrogens is 306 g/mol. The Morgan fingerprint density at radius 1 is 0.917 bits per heavy atom. The van der Waals surface area contributed by atoms with E-state index in [0.717, 1.165) is 18.4 Å². The summed E-state index contributed by atoms with van der Waals surface area (Å²) in [5, 5.41) is 0. The van der Waals surface area contributed by atoms with Crippen LogP contribution in [-0.4, -0.2) is 17.8 Å². The number of hydrogen-bond acceptors (Lipinski definition) is 4. The number of anilines is 1. The van der Waals surface area contributed by atoms with Gasteiger partial charge in [0.05, 0.1) is 23.1 Å². The Morgan fingerprint density at radius 3 is 2.25 bits per heavy atom. The molecule has 1 aromatic carbocycles. The van der Waals surface area contributed by atoms with E-state index >= 15 is 0 Å². The number of hydrogen-bond donors (Lipinski definition) is 0.